The highest BCUT2D eigenvalue weighted by atomic mass is 15.4. The number of hydrogen-bond donors (Lipinski definition) is 2. The van der Waals surface area contributed by atoms with Gasteiger partial charge in [-0.15, -0.1) is 5.10 Å². The van der Waals surface area contributed by atoms with E-state index in [1.807, 2.05) is 0 Å². The third-order valence-electron chi connectivity index (χ3n) is 2.93. The van der Waals surface area contributed by atoms with Crippen molar-refractivity contribution in [3.05, 3.63) is 18.7 Å². The van der Waals surface area contributed by atoms with Crippen molar-refractivity contribution in [3.8, 4) is 11.4 Å². The standard InChI is InChI=1S/C11H15N7/c1-2-12-3-5-18(4-1)11-15-10(16-17-11)9-6-13-8-14-7-9/h6-8,12H,1-5H2,(H,15,16,17). The second-order valence-corrected chi connectivity index (χ2v) is 4.20. The van der Waals surface area contributed by atoms with Crippen molar-refractivity contribution in [2.45, 2.75) is 6.42 Å². The van der Waals surface area contributed by atoms with Crippen molar-refractivity contribution >= 4 is 5.95 Å². The van der Waals surface area contributed by atoms with Crippen molar-refractivity contribution in [3.63, 3.8) is 0 Å². The molecule has 0 aromatic carbocycles. The average molecular weight is 245 g/mol. The lowest BCUT2D eigenvalue weighted by atomic mass is 10.3. The highest BCUT2D eigenvalue weighted by molar-refractivity contribution is 5.53. The first-order chi connectivity index (χ1) is 8.93. The van der Waals surface area contributed by atoms with Crippen molar-refractivity contribution in [2.24, 2.45) is 0 Å². The number of aromatic nitrogens is 5. The molecule has 1 fully saturated rings. The van der Waals surface area contributed by atoms with Gasteiger partial charge in [-0.05, 0) is 13.0 Å². The monoisotopic (exact) mass is 245 g/mol. The predicted molar refractivity (Wildman–Crippen MR) is 67.1 cm³/mol. The van der Waals surface area contributed by atoms with Crippen LogP contribution in [0, 0.1) is 0 Å². The van der Waals surface area contributed by atoms with E-state index in [9.17, 15) is 0 Å². The van der Waals surface area contributed by atoms with Crippen LogP contribution in [0.2, 0.25) is 0 Å². The van der Waals surface area contributed by atoms with Crippen LogP contribution in [0.1, 0.15) is 6.42 Å². The van der Waals surface area contributed by atoms with Gasteiger partial charge in [0.2, 0.25) is 5.95 Å². The van der Waals surface area contributed by atoms with Gasteiger partial charge >= 0.3 is 0 Å². The number of anilines is 1. The van der Waals surface area contributed by atoms with Crippen molar-refractivity contribution in [1.29, 1.82) is 0 Å². The van der Waals surface area contributed by atoms with Gasteiger partial charge in [0.05, 0.1) is 5.56 Å². The van der Waals surface area contributed by atoms with Crippen molar-refractivity contribution in [2.75, 3.05) is 31.1 Å². The summed E-state index contributed by atoms with van der Waals surface area (Å²) in [6, 6.07) is 0. The van der Waals surface area contributed by atoms with Gasteiger partial charge in [0.25, 0.3) is 0 Å². The fourth-order valence-corrected chi connectivity index (χ4v) is 1.99. The van der Waals surface area contributed by atoms with E-state index in [-0.39, 0.29) is 0 Å². The molecule has 1 saturated heterocycles. The van der Waals surface area contributed by atoms with Gasteiger partial charge in [-0.1, -0.05) is 0 Å². The summed E-state index contributed by atoms with van der Waals surface area (Å²) in [5.41, 5.74) is 0.851. The molecular formula is C11H15N7. The quantitative estimate of drug-likeness (QED) is 0.778. The van der Waals surface area contributed by atoms with Crippen molar-refractivity contribution in [1.82, 2.24) is 30.5 Å². The van der Waals surface area contributed by atoms with E-state index < -0.39 is 0 Å². The molecular weight excluding hydrogens is 230 g/mol. The van der Waals surface area contributed by atoms with Crippen LogP contribution in [0.3, 0.4) is 0 Å². The maximum atomic E-state index is 4.50. The molecule has 2 N–H and O–H groups in total. The van der Waals surface area contributed by atoms with Gasteiger partial charge in [0.15, 0.2) is 5.82 Å². The Morgan fingerprint density at radius 3 is 2.89 bits per heavy atom. The topological polar surface area (TPSA) is 82.6 Å². The molecule has 18 heavy (non-hydrogen) atoms. The smallest absolute Gasteiger partial charge is 0.245 e. The molecule has 1 aliphatic rings. The number of aromatic amines is 1. The molecule has 7 nitrogen and oxygen atoms in total. The van der Waals surface area contributed by atoms with Gasteiger partial charge in [-0.25, -0.2) is 9.97 Å². The molecule has 3 rings (SSSR count). The van der Waals surface area contributed by atoms with Gasteiger partial charge in [-0.2, -0.15) is 4.98 Å². The Balaban J connectivity index is 1.80. The van der Waals surface area contributed by atoms with Gasteiger partial charge in [0.1, 0.15) is 6.33 Å². The average Bonchev–Trinajstić information content (AvgIpc) is 2.76. The van der Waals surface area contributed by atoms with Crippen LogP contribution in [0.4, 0.5) is 5.95 Å². The van der Waals surface area contributed by atoms with Crippen LogP contribution < -0.4 is 10.2 Å². The summed E-state index contributed by atoms with van der Waals surface area (Å²) >= 11 is 0. The molecule has 94 valence electrons. The minimum absolute atomic E-state index is 0.711. The minimum atomic E-state index is 0.711. The Bertz CT molecular complexity index is 487. The Morgan fingerprint density at radius 1 is 1.11 bits per heavy atom. The molecule has 0 spiro atoms. The van der Waals surface area contributed by atoms with Gasteiger partial charge in [0, 0.05) is 32.0 Å². The van der Waals surface area contributed by atoms with E-state index in [4.69, 9.17) is 0 Å². The van der Waals surface area contributed by atoms with Crippen LogP contribution in [-0.4, -0.2) is 51.3 Å². The zero-order valence-corrected chi connectivity index (χ0v) is 10.0. The summed E-state index contributed by atoms with van der Waals surface area (Å²) in [4.78, 5) is 14.6. The van der Waals surface area contributed by atoms with Crippen LogP contribution in [0.25, 0.3) is 11.4 Å². The molecule has 0 bridgehead atoms. The summed E-state index contributed by atoms with van der Waals surface area (Å²) in [6.45, 7) is 3.94. The summed E-state index contributed by atoms with van der Waals surface area (Å²) in [5, 5.41) is 10.6. The normalized spacial score (nSPS) is 16.6. The summed E-state index contributed by atoms with van der Waals surface area (Å²) in [5.74, 6) is 1.46. The molecule has 0 aliphatic carbocycles. The van der Waals surface area contributed by atoms with Crippen LogP contribution in [0.15, 0.2) is 18.7 Å². The first kappa shape index (κ1) is 11.1. The Morgan fingerprint density at radius 2 is 2.00 bits per heavy atom. The fraction of sp³-hybridized carbons (Fsp3) is 0.455. The molecule has 0 saturated carbocycles. The fourth-order valence-electron chi connectivity index (χ4n) is 1.99. The predicted octanol–water partition coefficient (Wildman–Crippen LogP) is 0.0614. The second-order valence-electron chi connectivity index (χ2n) is 4.20. The van der Waals surface area contributed by atoms with E-state index >= 15 is 0 Å². The highest BCUT2D eigenvalue weighted by Gasteiger charge is 2.14. The molecule has 2 aromatic heterocycles. The maximum absolute atomic E-state index is 4.50. The number of nitrogens with one attached hydrogen (secondary N) is 2. The number of nitrogens with zero attached hydrogens (tertiary/aromatic N) is 5. The second kappa shape index (κ2) is 5.09. The van der Waals surface area contributed by atoms with E-state index in [0.717, 1.165) is 44.1 Å². The molecule has 7 heteroatoms. The van der Waals surface area contributed by atoms with E-state index in [1.54, 1.807) is 12.4 Å². The maximum Gasteiger partial charge on any atom is 0.245 e. The molecule has 0 atom stereocenters. The zero-order valence-electron chi connectivity index (χ0n) is 10.0. The molecule has 3 heterocycles. The summed E-state index contributed by atoms with van der Waals surface area (Å²) < 4.78 is 0. The van der Waals surface area contributed by atoms with Crippen molar-refractivity contribution < 1.29 is 0 Å². The molecule has 0 amide bonds. The van der Waals surface area contributed by atoms with Crippen LogP contribution >= 0.6 is 0 Å². The minimum Gasteiger partial charge on any atom is -0.338 e. The Hall–Kier alpha value is -2.02. The molecule has 0 unspecified atom stereocenters. The molecule has 1 aliphatic heterocycles. The zero-order chi connectivity index (χ0) is 12.2. The highest BCUT2D eigenvalue weighted by Crippen LogP contribution is 2.15. The van der Waals surface area contributed by atoms with E-state index in [0.29, 0.717) is 5.82 Å². The first-order valence-corrected chi connectivity index (χ1v) is 6.07. The summed E-state index contributed by atoms with van der Waals surface area (Å²) in [7, 11) is 0. The summed E-state index contributed by atoms with van der Waals surface area (Å²) in [6.07, 6.45) is 6.06. The Labute approximate surface area is 105 Å². The van der Waals surface area contributed by atoms with Gasteiger partial charge < -0.3 is 10.2 Å². The third-order valence-corrected chi connectivity index (χ3v) is 2.93. The largest absolute Gasteiger partial charge is 0.338 e. The number of rotatable bonds is 2. The lowest BCUT2D eigenvalue weighted by Gasteiger charge is -2.16. The van der Waals surface area contributed by atoms with Gasteiger partial charge in [-0.3, -0.25) is 5.10 Å². The SMILES string of the molecule is c1ncc(-c2nc(N3CCCNCC3)n[nH]2)cn1. The third kappa shape index (κ3) is 2.30. The molecule has 0 radical (unpaired) electrons. The van der Waals surface area contributed by atoms with E-state index in [2.05, 4.69) is 35.4 Å². The Kier molecular flexibility index (Phi) is 3.14. The number of H-pyrrole nitrogens is 1. The lowest BCUT2D eigenvalue weighted by Crippen LogP contribution is -2.28. The molecule has 2 aromatic rings. The van der Waals surface area contributed by atoms with Crippen LogP contribution in [-0.2, 0) is 0 Å². The first-order valence-electron chi connectivity index (χ1n) is 6.07. The number of hydrogen-bond acceptors (Lipinski definition) is 6. The van der Waals surface area contributed by atoms with E-state index in [1.165, 1.54) is 6.33 Å². The van der Waals surface area contributed by atoms with Crippen LogP contribution in [0.5, 0.6) is 0 Å². The lowest BCUT2D eigenvalue weighted by molar-refractivity contribution is 0.724.